The minimum absolute atomic E-state index is 0.0113. The zero-order valence-electron chi connectivity index (χ0n) is 16.4. The van der Waals surface area contributed by atoms with E-state index in [1.807, 2.05) is 0 Å². The molecule has 1 aromatic heterocycles. The molecule has 0 radical (unpaired) electrons. The van der Waals surface area contributed by atoms with E-state index in [9.17, 15) is 21.6 Å². The number of anilines is 2. The molecule has 7 nitrogen and oxygen atoms in total. The molecule has 0 amide bonds. The predicted molar refractivity (Wildman–Crippen MR) is 110 cm³/mol. The Labute approximate surface area is 177 Å². The van der Waals surface area contributed by atoms with Crippen molar-refractivity contribution in [3.63, 3.8) is 0 Å². The van der Waals surface area contributed by atoms with Crippen molar-refractivity contribution in [1.82, 2.24) is 9.55 Å². The van der Waals surface area contributed by atoms with Crippen LogP contribution in [0.2, 0.25) is 0 Å². The quantitative estimate of drug-likeness (QED) is 0.571. The van der Waals surface area contributed by atoms with E-state index in [0.717, 1.165) is 0 Å². The third kappa shape index (κ3) is 4.62. The number of alkyl halides is 3. The van der Waals surface area contributed by atoms with Crippen molar-refractivity contribution in [2.45, 2.75) is 30.5 Å². The van der Waals surface area contributed by atoms with Crippen LogP contribution in [-0.4, -0.2) is 31.2 Å². The first-order valence-corrected chi connectivity index (χ1v) is 11.2. The minimum Gasteiger partial charge on any atom is -0.399 e. The molecule has 4 rings (SSSR count). The van der Waals surface area contributed by atoms with Gasteiger partial charge in [-0.3, -0.25) is 4.72 Å². The highest BCUT2D eigenvalue weighted by molar-refractivity contribution is 7.92. The van der Waals surface area contributed by atoms with Crippen LogP contribution in [0.25, 0.3) is 11.0 Å². The van der Waals surface area contributed by atoms with Crippen molar-refractivity contribution < 1.29 is 26.3 Å². The van der Waals surface area contributed by atoms with Gasteiger partial charge in [0, 0.05) is 25.4 Å². The van der Waals surface area contributed by atoms with Gasteiger partial charge < -0.3 is 15.0 Å². The van der Waals surface area contributed by atoms with Crippen molar-refractivity contribution in [3.8, 4) is 0 Å². The molecule has 1 saturated heterocycles. The number of hydrogen-bond donors (Lipinski definition) is 2. The lowest BCUT2D eigenvalue weighted by Gasteiger charge is -2.23. The third-order valence-corrected chi connectivity index (χ3v) is 6.62. The molecule has 31 heavy (non-hydrogen) atoms. The number of aromatic nitrogens is 2. The summed E-state index contributed by atoms with van der Waals surface area (Å²) in [6, 6.07) is 9.79. The van der Waals surface area contributed by atoms with Crippen LogP contribution in [0.3, 0.4) is 0 Å². The largest absolute Gasteiger partial charge is 0.449 e. The van der Waals surface area contributed by atoms with Gasteiger partial charge in [0.15, 0.2) is 0 Å². The average molecular weight is 454 g/mol. The summed E-state index contributed by atoms with van der Waals surface area (Å²) in [5.74, 6) is -0.941. The molecular weight excluding hydrogens is 433 g/mol. The second kappa shape index (κ2) is 8.04. The maximum atomic E-state index is 13.6. The van der Waals surface area contributed by atoms with Crippen molar-refractivity contribution in [2.24, 2.45) is 5.92 Å². The molecule has 1 fully saturated rings. The molecule has 0 atom stereocenters. The highest BCUT2D eigenvalue weighted by atomic mass is 32.2. The van der Waals surface area contributed by atoms with E-state index in [4.69, 9.17) is 10.5 Å². The Bertz CT molecular complexity index is 1180. The van der Waals surface area contributed by atoms with E-state index in [0.29, 0.717) is 37.3 Å². The summed E-state index contributed by atoms with van der Waals surface area (Å²) in [6.07, 6.45) is -3.28. The number of ether oxygens (including phenoxy) is 1. The van der Waals surface area contributed by atoms with E-state index in [2.05, 4.69) is 9.71 Å². The summed E-state index contributed by atoms with van der Waals surface area (Å²) < 4.78 is 74.9. The van der Waals surface area contributed by atoms with Crippen LogP contribution in [0, 0.1) is 5.92 Å². The van der Waals surface area contributed by atoms with Crippen LogP contribution >= 0.6 is 0 Å². The van der Waals surface area contributed by atoms with E-state index in [1.54, 1.807) is 0 Å². The summed E-state index contributed by atoms with van der Waals surface area (Å²) in [4.78, 5) is 3.77. The minimum atomic E-state index is -4.63. The fraction of sp³-hybridized carbons (Fsp3) is 0.350. The van der Waals surface area contributed by atoms with E-state index < -0.39 is 22.0 Å². The van der Waals surface area contributed by atoms with Crippen LogP contribution in [-0.2, 0) is 27.5 Å². The second-order valence-electron chi connectivity index (χ2n) is 7.48. The normalized spacial score (nSPS) is 16.0. The number of nitrogens with zero attached hydrogens (tertiary/aromatic N) is 2. The summed E-state index contributed by atoms with van der Waals surface area (Å²) in [7, 11) is -3.93. The number of rotatable bonds is 5. The van der Waals surface area contributed by atoms with Crippen molar-refractivity contribution in [2.75, 3.05) is 23.7 Å². The van der Waals surface area contributed by atoms with Crippen molar-refractivity contribution in [1.29, 1.82) is 0 Å². The van der Waals surface area contributed by atoms with Gasteiger partial charge in [-0.1, -0.05) is 0 Å². The molecule has 0 spiro atoms. The topological polar surface area (TPSA) is 99.2 Å². The maximum absolute atomic E-state index is 13.6. The van der Waals surface area contributed by atoms with Gasteiger partial charge in [0.1, 0.15) is 0 Å². The maximum Gasteiger partial charge on any atom is 0.449 e. The number of nitrogens with two attached hydrogens (primary N) is 1. The Hall–Kier alpha value is -2.79. The number of hydrogen-bond acceptors (Lipinski definition) is 5. The molecule has 2 aromatic carbocycles. The van der Waals surface area contributed by atoms with Crippen molar-refractivity contribution in [3.05, 3.63) is 48.3 Å². The third-order valence-electron chi connectivity index (χ3n) is 5.23. The molecule has 1 aliphatic heterocycles. The van der Waals surface area contributed by atoms with Gasteiger partial charge >= 0.3 is 6.18 Å². The van der Waals surface area contributed by atoms with Crippen LogP contribution < -0.4 is 10.5 Å². The molecule has 0 aliphatic carbocycles. The molecule has 1 aliphatic rings. The summed E-state index contributed by atoms with van der Waals surface area (Å²) in [5.41, 5.74) is 6.48. The zero-order chi connectivity index (χ0) is 22.2. The van der Waals surface area contributed by atoms with Gasteiger partial charge in [0.05, 0.1) is 21.6 Å². The highest BCUT2D eigenvalue weighted by Gasteiger charge is 2.38. The number of benzene rings is 2. The van der Waals surface area contributed by atoms with Crippen LogP contribution in [0.5, 0.6) is 0 Å². The first-order valence-electron chi connectivity index (χ1n) is 9.67. The predicted octanol–water partition coefficient (Wildman–Crippen LogP) is 3.86. The fourth-order valence-corrected chi connectivity index (χ4v) is 4.69. The van der Waals surface area contributed by atoms with Gasteiger partial charge in [0.2, 0.25) is 5.82 Å². The van der Waals surface area contributed by atoms with Crippen LogP contribution in [0.1, 0.15) is 18.7 Å². The first kappa shape index (κ1) is 21.4. The summed E-state index contributed by atoms with van der Waals surface area (Å²) in [6.45, 7) is 1.22. The lowest BCUT2D eigenvalue weighted by Crippen LogP contribution is -2.23. The van der Waals surface area contributed by atoms with E-state index in [-0.39, 0.29) is 28.6 Å². The standard InChI is InChI=1S/C20H21F3N4O3S/c21-20(22,23)19-25-17-11-15(26-31(28,29)16-4-1-14(24)2-5-16)3-6-18(17)27(19)12-13-7-9-30-10-8-13/h1-6,11,13,26H,7-10,12,24H2. The van der Waals surface area contributed by atoms with Crippen LogP contribution in [0.4, 0.5) is 24.5 Å². The summed E-state index contributed by atoms with van der Waals surface area (Å²) >= 11 is 0. The number of nitrogen functional groups attached to an aromatic ring is 1. The second-order valence-corrected chi connectivity index (χ2v) is 9.16. The Kier molecular flexibility index (Phi) is 5.56. The highest BCUT2D eigenvalue weighted by Crippen LogP contribution is 2.34. The van der Waals surface area contributed by atoms with E-state index >= 15 is 0 Å². The Balaban J connectivity index is 1.68. The SMILES string of the molecule is Nc1ccc(S(=O)(=O)Nc2ccc3c(c2)nc(C(F)(F)F)n3CC2CCOCC2)cc1. The van der Waals surface area contributed by atoms with Gasteiger partial charge in [-0.2, -0.15) is 13.2 Å². The average Bonchev–Trinajstić information content (AvgIpc) is 3.07. The van der Waals surface area contributed by atoms with Gasteiger partial charge in [0.25, 0.3) is 10.0 Å². The molecule has 3 N–H and O–H groups in total. The fourth-order valence-electron chi connectivity index (χ4n) is 3.64. The monoisotopic (exact) mass is 454 g/mol. The molecule has 166 valence electrons. The lowest BCUT2D eigenvalue weighted by atomic mass is 10.0. The van der Waals surface area contributed by atoms with Gasteiger partial charge in [-0.05, 0) is 61.2 Å². The number of fused-ring (bicyclic) bond motifs is 1. The smallest absolute Gasteiger partial charge is 0.399 e. The molecule has 0 saturated carbocycles. The molecule has 0 unspecified atom stereocenters. The lowest BCUT2D eigenvalue weighted by molar-refractivity contribution is -0.147. The van der Waals surface area contributed by atoms with Crippen LogP contribution in [0.15, 0.2) is 47.4 Å². The summed E-state index contributed by atoms with van der Waals surface area (Å²) in [5, 5.41) is 0. The van der Waals surface area contributed by atoms with Crippen molar-refractivity contribution >= 4 is 32.4 Å². The zero-order valence-corrected chi connectivity index (χ0v) is 17.2. The van der Waals surface area contributed by atoms with Gasteiger partial charge in [-0.15, -0.1) is 0 Å². The first-order chi connectivity index (χ1) is 14.6. The number of imidazole rings is 1. The Morgan fingerprint density at radius 1 is 1.13 bits per heavy atom. The Morgan fingerprint density at radius 2 is 1.81 bits per heavy atom. The number of halogens is 3. The molecule has 0 bridgehead atoms. The molecule has 2 heterocycles. The molecular formula is C20H21F3N4O3S. The molecule has 11 heteroatoms. The Morgan fingerprint density at radius 3 is 2.45 bits per heavy atom. The molecule has 3 aromatic rings. The van der Waals surface area contributed by atoms with Gasteiger partial charge in [-0.25, -0.2) is 13.4 Å². The van der Waals surface area contributed by atoms with E-state index in [1.165, 1.54) is 47.0 Å². The number of nitrogens with one attached hydrogen (secondary N) is 1. The number of sulfonamides is 1.